The molecule has 1 aromatic heterocycles. The summed E-state index contributed by atoms with van der Waals surface area (Å²) in [4.78, 5) is 24.5. The molecular formula is C15H24N2O3S. The maximum Gasteiger partial charge on any atom is 0.326 e. The van der Waals surface area contributed by atoms with Gasteiger partial charge >= 0.3 is 12.0 Å². The highest BCUT2D eigenvalue weighted by atomic mass is 32.1. The molecule has 2 amide bonds. The molecule has 0 bridgehead atoms. The summed E-state index contributed by atoms with van der Waals surface area (Å²) in [6.07, 6.45) is 1.76. The molecule has 1 aromatic rings. The molecule has 3 N–H and O–H groups in total. The van der Waals surface area contributed by atoms with Crippen molar-refractivity contribution in [3.63, 3.8) is 0 Å². The molecule has 6 heteroatoms. The van der Waals surface area contributed by atoms with Crippen LogP contribution < -0.4 is 10.6 Å². The molecule has 0 spiro atoms. The Labute approximate surface area is 129 Å². The van der Waals surface area contributed by atoms with Crippen LogP contribution in [0.5, 0.6) is 0 Å². The van der Waals surface area contributed by atoms with Crippen molar-refractivity contribution in [1.82, 2.24) is 10.6 Å². The van der Waals surface area contributed by atoms with E-state index in [0.29, 0.717) is 0 Å². The third-order valence-electron chi connectivity index (χ3n) is 3.16. The van der Waals surface area contributed by atoms with Gasteiger partial charge in [0.05, 0.1) is 6.04 Å². The molecule has 0 aliphatic heterocycles. The number of hydrogen-bond donors (Lipinski definition) is 3. The molecule has 0 saturated heterocycles. The van der Waals surface area contributed by atoms with Crippen molar-refractivity contribution in [3.8, 4) is 0 Å². The molecule has 0 aliphatic rings. The summed E-state index contributed by atoms with van der Waals surface area (Å²) in [5.41, 5.74) is -0.549. The van der Waals surface area contributed by atoms with E-state index < -0.39 is 23.5 Å². The minimum Gasteiger partial charge on any atom is -0.480 e. The molecule has 0 radical (unpaired) electrons. The number of carboxylic acid groups (broad SMARTS) is 1. The Hall–Kier alpha value is -1.56. The first kappa shape index (κ1) is 17.5. The molecule has 118 valence electrons. The van der Waals surface area contributed by atoms with E-state index in [1.807, 2.05) is 17.5 Å². The molecule has 5 nitrogen and oxygen atoms in total. The first-order valence-corrected chi connectivity index (χ1v) is 7.97. The number of nitrogens with one attached hydrogen (secondary N) is 2. The van der Waals surface area contributed by atoms with Crippen LogP contribution in [0.2, 0.25) is 0 Å². The quantitative estimate of drug-likeness (QED) is 0.753. The predicted octanol–water partition coefficient (Wildman–Crippen LogP) is 3.39. The molecule has 0 aliphatic carbocycles. The number of hydrogen-bond acceptors (Lipinski definition) is 3. The van der Waals surface area contributed by atoms with Gasteiger partial charge in [0, 0.05) is 4.88 Å². The minimum absolute atomic E-state index is 0.0792. The number of rotatable bonds is 6. The van der Waals surface area contributed by atoms with Crippen LogP contribution in [-0.4, -0.2) is 23.1 Å². The van der Waals surface area contributed by atoms with E-state index in [4.69, 9.17) is 0 Å². The van der Waals surface area contributed by atoms with Crippen LogP contribution >= 0.6 is 11.3 Å². The second-order valence-corrected chi connectivity index (χ2v) is 7.09. The van der Waals surface area contributed by atoms with E-state index in [2.05, 4.69) is 17.6 Å². The van der Waals surface area contributed by atoms with Crippen LogP contribution in [-0.2, 0) is 4.79 Å². The fraction of sp³-hybridized carbons (Fsp3) is 0.600. The van der Waals surface area contributed by atoms with Gasteiger partial charge in [0.15, 0.2) is 0 Å². The Morgan fingerprint density at radius 2 is 2.00 bits per heavy atom. The number of amides is 2. The summed E-state index contributed by atoms with van der Waals surface area (Å²) >= 11 is 1.58. The van der Waals surface area contributed by atoms with Crippen molar-refractivity contribution in [2.75, 3.05) is 0 Å². The number of carbonyl (C=O) groups is 2. The van der Waals surface area contributed by atoms with Crippen LogP contribution in [0.15, 0.2) is 17.5 Å². The lowest BCUT2D eigenvalue weighted by Gasteiger charge is -2.28. The van der Waals surface area contributed by atoms with Crippen molar-refractivity contribution in [2.45, 2.75) is 52.6 Å². The van der Waals surface area contributed by atoms with Gasteiger partial charge in [0.25, 0.3) is 0 Å². The van der Waals surface area contributed by atoms with Crippen molar-refractivity contribution in [2.24, 2.45) is 5.41 Å². The molecular weight excluding hydrogens is 288 g/mol. The third-order valence-corrected chi connectivity index (χ3v) is 4.14. The molecule has 0 saturated carbocycles. The van der Waals surface area contributed by atoms with E-state index in [-0.39, 0.29) is 6.04 Å². The third kappa shape index (κ3) is 5.38. The molecule has 1 heterocycles. The zero-order valence-corrected chi connectivity index (χ0v) is 13.8. The summed E-state index contributed by atoms with van der Waals surface area (Å²) in [5.74, 6) is -1.03. The van der Waals surface area contributed by atoms with Crippen LogP contribution in [0.25, 0.3) is 0 Å². The maximum absolute atomic E-state index is 12.1. The maximum atomic E-state index is 12.1. The summed E-state index contributed by atoms with van der Waals surface area (Å²) in [5, 5.41) is 16.6. The first-order chi connectivity index (χ1) is 9.75. The summed E-state index contributed by atoms with van der Waals surface area (Å²) in [6, 6.07) is 2.47. The van der Waals surface area contributed by atoms with E-state index in [9.17, 15) is 14.7 Å². The zero-order valence-electron chi connectivity index (χ0n) is 13.0. The Morgan fingerprint density at radius 1 is 1.33 bits per heavy atom. The number of carboxylic acids is 1. The molecule has 2 atom stereocenters. The van der Waals surface area contributed by atoms with Crippen LogP contribution in [0.1, 0.15) is 51.5 Å². The lowest BCUT2D eigenvalue weighted by molar-refractivity contribution is -0.141. The standard InChI is InChI=1S/C15H24N2O3S/c1-5-7-10(11-8-6-9-21-11)16-14(20)17-12(13(18)19)15(2,3)4/h6,8-10,12H,5,7H2,1-4H3,(H,18,19)(H2,16,17,20)/t10?,12-/m0/s1. The second-order valence-electron chi connectivity index (χ2n) is 6.11. The SMILES string of the molecule is CCCC(NC(=O)N[C@@H](C(=O)O)C(C)(C)C)c1cccs1. The minimum atomic E-state index is -1.03. The molecule has 0 aromatic carbocycles. The highest BCUT2D eigenvalue weighted by Gasteiger charge is 2.33. The van der Waals surface area contributed by atoms with Gasteiger partial charge in [0.2, 0.25) is 0 Å². The van der Waals surface area contributed by atoms with E-state index >= 15 is 0 Å². The van der Waals surface area contributed by atoms with Gasteiger partial charge < -0.3 is 15.7 Å². The van der Waals surface area contributed by atoms with Crippen molar-refractivity contribution in [1.29, 1.82) is 0 Å². The van der Waals surface area contributed by atoms with E-state index in [1.54, 1.807) is 32.1 Å². The van der Waals surface area contributed by atoms with Gasteiger partial charge in [-0.1, -0.05) is 40.2 Å². The van der Waals surface area contributed by atoms with Crippen LogP contribution in [0, 0.1) is 5.41 Å². The largest absolute Gasteiger partial charge is 0.480 e. The average Bonchev–Trinajstić information content (AvgIpc) is 2.87. The molecule has 21 heavy (non-hydrogen) atoms. The highest BCUT2D eigenvalue weighted by Crippen LogP contribution is 2.23. The molecule has 1 rings (SSSR count). The fourth-order valence-corrected chi connectivity index (χ4v) is 2.86. The number of urea groups is 1. The fourth-order valence-electron chi connectivity index (χ4n) is 2.04. The van der Waals surface area contributed by atoms with Gasteiger partial charge in [-0.3, -0.25) is 0 Å². The van der Waals surface area contributed by atoms with E-state index in [0.717, 1.165) is 17.7 Å². The molecule has 0 fully saturated rings. The normalized spacial score (nSPS) is 14.3. The monoisotopic (exact) mass is 312 g/mol. The number of thiophene rings is 1. The van der Waals surface area contributed by atoms with Crippen molar-refractivity contribution < 1.29 is 14.7 Å². The van der Waals surface area contributed by atoms with E-state index in [1.165, 1.54) is 0 Å². The van der Waals surface area contributed by atoms with Gasteiger partial charge in [-0.2, -0.15) is 0 Å². The van der Waals surface area contributed by atoms with Gasteiger partial charge in [-0.15, -0.1) is 11.3 Å². The molecule has 1 unspecified atom stereocenters. The van der Waals surface area contributed by atoms with Crippen molar-refractivity contribution >= 4 is 23.3 Å². The summed E-state index contributed by atoms with van der Waals surface area (Å²) in [7, 11) is 0. The second kappa shape index (κ2) is 7.45. The van der Waals surface area contributed by atoms with Gasteiger partial charge in [-0.05, 0) is 23.3 Å². The summed E-state index contributed by atoms with van der Waals surface area (Å²) in [6.45, 7) is 7.41. The first-order valence-electron chi connectivity index (χ1n) is 7.09. The number of carbonyl (C=O) groups excluding carboxylic acids is 1. The van der Waals surface area contributed by atoms with Crippen LogP contribution in [0.4, 0.5) is 4.79 Å². The summed E-state index contributed by atoms with van der Waals surface area (Å²) < 4.78 is 0. The Morgan fingerprint density at radius 3 is 2.43 bits per heavy atom. The number of aliphatic carboxylic acids is 1. The lowest BCUT2D eigenvalue weighted by atomic mass is 9.87. The highest BCUT2D eigenvalue weighted by molar-refractivity contribution is 7.10. The lowest BCUT2D eigenvalue weighted by Crippen LogP contribution is -2.52. The average molecular weight is 312 g/mol. The van der Waals surface area contributed by atoms with Crippen LogP contribution in [0.3, 0.4) is 0 Å². The zero-order chi connectivity index (χ0) is 16.0. The Bertz CT molecular complexity index is 466. The van der Waals surface area contributed by atoms with Gasteiger partial charge in [0.1, 0.15) is 6.04 Å². The van der Waals surface area contributed by atoms with Crippen molar-refractivity contribution in [3.05, 3.63) is 22.4 Å². The Kier molecular flexibility index (Phi) is 6.20. The Balaban J connectivity index is 2.72. The predicted molar refractivity (Wildman–Crippen MR) is 84.5 cm³/mol. The van der Waals surface area contributed by atoms with Gasteiger partial charge in [-0.25, -0.2) is 9.59 Å². The smallest absolute Gasteiger partial charge is 0.326 e. The topological polar surface area (TPSA) is 78.4 Å².